The molecule has 0 heterocycles. The minimum Gasteiger partial charge on any atom is -0.393 e. The fraction of sp³-hybridized carbons (Fsp3) is 1.00. The van der Waals surface area contributed by atoms with Crippen LogP contribution in [0.15, 0.2) is 0 Å². The van der Waals surface area contributed by atoms with Crippen LogP contribution in [0.1, 0.15) is 53.4 Å². The van der Waals surface area contributed by atoms with Gasteiger partial charge in [0.25, 0.3) is 0 Å². The van der Waals surface area contributed by atoms with Crippen LogP contribution in [0.25, 0.3) is 0 Å². The predicted octanol–water partition coefficient (Wildman–Crippen LogP) is 3.15. The molecule has 0 amide bonds. The van der Waals surface area contributed by atoms with E-state index in [4.69, 9.17) is 0 Å². The molecule has 2 unspecified atom stereocenters. The molecule has 0 bridgehead atoms. The largest absolute Gasteiger partial charge is 0.393 e. The van der Waals surface area contributed by atoms with Crippen molar-refractivity contribution in [1.29, 1.82) is 0 Å². The predicted molar refractivity (Wildman–Crippen MR) is 74.1 cm³/mol. The molecule has 0 aromatic heterocycles. The monoisotopic (exact) mass is 241 g/mol. The zero-order valence-electron chi connectivity index (χ0n) is 12.4. The smallest absolute Gasteiger partial charge is 0.0581 e. The van der Waals surface area contributed by atoms with Crippen molar-refractivity contribution in [1.82, 2.24) is 4.90 Å². The van der Waals surface area contributed by atoms with Crippen molar-refractivity contribution in [3.8, 4) is 0 Å². The van der Waals surface area contributed by atoms with Gasteiger partial charge in [-0.3, -0.25) is 0 Å². The molecule has 1 aliphatic carbocycles. The third-order valence-corrected chi connectivity index (χ3v) is 4.11. The number of nitrogens with zero attached hydrogens (tertiary/aromatic N) is 1. The summed E-state index contributed by atoms with van der Waals surface area (Å²) in [6, 6.07) is 0. The van der Waals surface area contributed by atoms with E-state index in [1.165, 1.54) is 19.3 Å². The topological polar surface area (TPSA) is 23.5 Å². The van der Waals surface area contributed by atoms with Crippen molar-refractivity contribution in [2.45, 2.75) is 59.5 Å². The Morgan fingerprint density at radius 2 is 2.00 bits per heavy atom. The minimum atomic E-state index is -0.0791. The molecule has 0 aromatic carbocycles. The Morgan fingerprint density at radius 3 is 2.59 bits per heavy atom. The first-order valence-corrected chi connectivity index (χ1v) is 7.17. The molecule has 0 saturated heterocycles. The van der Waals surface area contributed by atoms with Gasteiger partial charge in [0.1, 0.15) is 0 Å². The third-order valence-electron chi connectivity index (χ3n) is 4.11. The Kier molecular flexibility index (Phi) is 5.46. The van der Waals surface area contributed by atoms with Crippen molar-refractivity contribution in [3.05, 3.63) is 0 Å². The van der Waals surface area contributed by atoms with E-state index in [1.54, 1.807) is 0 Å². The zero-order valence-corrected chi connectivity index (χ0v) is 12.4. The van der Waals surface area contributed by atoms with Gasteiger partial charge >= 0.3 is 0 Å². The Morgan fingerprint density at radius 1 is 1.35 bits per heavy atom. The lowest BCUT2D eigenvalue weighted by molar-refractivity contribution is 0.00728. The number of hydrogen-bond acceptors (Lipinski definition) is 2. The third kappa shape index (κ3) is 5.39. The van der Waals surface area contributed by atoms with Gasteiger partial charge < -0.3 is 10.0 Å². The summed E-state index contributed by atoms with van der Waals surface area (Å²) in [7, 11) is 2.19. The maximum Gasteiger partial charge on any atom is 0.0581 e. The van der Waals surface area contributed by atoms with Crippen molar-refractivity contribution in [3.63, 3.8) is 0 Å². The van der Waals surface area contributed by atoms with E-state index >= 15 is 0 Å². The van der Waals surface area contributed by atoms with Crippen LogP contribution >= 0.6 is 0 Å². The van der Waals surface area contributed by atoms with Crippen LogP contribution in [0.2, 0.25) is 0 Å². The summed E-state index contributed by atoms with van der Waals surface area (Å²) in [5.41, 5.74) is 0.419. The van der Waals surface area contributed by atoms with Gasteiger partial charge in [-0.05, 0) is 56.5 Å². The van der Waals surface area contributed by atoms with Crippen molar-refractivity contribution >= 4 is 0 Å². The molecule has 17 heavy (non-hydrogen) atoms. The van der Waals surface area contributed by atoms with E-state index in [0.717, 1.165) is 25.4 Å². The Hall–Kier alpha value is -0.0800. The second-order valence-electron chi connectivity index (χ2n) is 7.18. The van der Waals surface area contributed by atoms with Crippen LogP contribution in [0, 0.1) is 17.3 Å². The first-order valence-electron chi connectivity index (χ1n) is 7.17. The number of aliphatic hydroxyl groups excluding tert-OH is 1. The van der Waals surface area contributed by atoms with Crippen LogP contribution in [0.3, 0.4) is 0 Å². The first-order chi connectivity index (χ1) is 7.80. The van der Waals surface area contributed by atoms with E-state index in [0.29, 0.717) is 11.3 Å². The summed E-state index contributed by atoms with van der Waals surface area (Å²) in [5, 5.41) is 10.1. The summed E-state index contributed by atoms with van der Waals surface area (Å²) < 4.78 is 0. The lowest BCUT2D eigenvalue weighted by Crippen LogP contribution is -2.40. The molecular weight excluding hydrogens is 210 g/mol. The summed E-state index contributed by atoms with van der Waals surface area (Å²) in [6.45, 7) is 11.4. The molecule has 2 atom stereocenters. The van der Waals surface area contributed by atoms with E-state index in [-0.39, 0.29) is 6.10 Å². The van der Waals surface area contributed by atoms with Gasteiger partial charge in [-0.1, -0.05) is 27.7 Å². The Labute approximate surface area is 107 Å². The molecular formula is C15H31NO. The number of hydrogen-bond donors (Lipinski definition) is 1. The molecule has 2 nitrogen and oxygen atoms in total. The summed E-state index contributed by atoms with van der Waals surface area (Å²) in [5.74, 6) is 1.24. The summed E-state index contributed by atoms with van der Waals surface area (Å²) in [4.78, 5) is 2.40. The van der Waals surface area contributed by atoms with Crippen LogP contribution < -0.4 is 0 Å². The minimum absolute atomic E-state index is 0.0791. The van der Waals surface area contributed by atoms with Crippen molar-refractivity contribution in [2.75, 3.05) is 20.1 Å². The summed E-state index contributed by atoms with van der Waals surface area (Å²) >= 11 is 0. The van der Waals surface area contributed by atoms with Crippen molar-refractivity contribution in [2.24, 2.45) is 17.3 Å². The van der Waals surface area contributed by atoms with Gasteiger partial charge in [-0.15, -0.1) is 0 Å². The maximum absolute atomic E-state index is 10.1. The lowest BCUT2D eigenvalue weighted by atomic mass is 9.71. The average molecular weight is 241 g/mol. The highest BCUT2D eigenvalue weighted by Gasteiger charge is 2.34. The van der Waals surface area contributed by atoms with Crippen molar-refractivity contribution < 1.29 is 5.11 Å². The van der Waals surface area contributed by atoms with Crippen LogP contribution in [-0.4, -0.2) is 36.2 Å². The lowest BCUT2D eigenvalue weighted by Gasteiger charge is -2.40. The van der Waals surface area contributed by atoms with E-state index in [1.807, 2.05) is 0 Å². The van der Waals surface area contributed by atoms with Gasteiger partial charge in [0.2, 0.25) is 0 Å². The van der Waals surface area contributed by atoms with Crippen LogP contribution in [-0.2, 0) is 0 Å². The van der Waals surface area contributed by atoms with Gasteiger partial charge in [-0.2, -0.15) is 0 Å². The standard InChI is InChI=1S/C15H31NO/c1-12(2)7-9-16(5)11-13-10-15(3,4)8-6-14(13)17/h12-14,17H,6-11H2,1-5H3. The molecule has 0 aromatic rings. The molecule has 1 N–H and O–H groups in total. The molecule has 1 aliphatic rings. The normalized spacial score (nSPS) is 28.9. The van der Waals surface area contributed by atoms with E-state index in [2.05, 4.69) is 39.6 Å². The Bertz CT molecular complexity index is 225. The Balaban J connectivity index is 2.38. The molecule has 2 heteroatoms. The number of aliphatic hydroxyl groups is 1. The highest BCUT2D eigenvalue weighted by atomic mass is 16.3. The molecule has 1 saturated carbocycles. The quantitative estimate of drug-likeness (QED) is 0.799. The number of rotatable bonds is 5. The SMILES string of the molecule is CC(C)CCN(C)CC1CC(C)(C)CCC1O. The summed E-state index contributed by atoms with van der Waals surface area (Å²) in [6.07, 6.45) is 4.49. The highest BCUT2D eigenvalue weighted by molar-refractivity contribution is 4.86. The van der Waals surface area contributed by atoms with E-state index < -0.39 is 0 Å². The van der Waals surface area contributed by atoms with Gasteiger partial charge in [0.15, 0.2) is 0 Å². The average Bonchev–Trinajstić information content (AvgIpc) is 2.20. The fourth-order valence-corrected chi connectivity index (χ4v) is 2.88. The van der Waals surface area contributed by atoms with Gasteiger partial charge in [-0.25, -0.2) is 0 Å². The molecule has 0 radical (unpaired) electrons. The molecule has 1 fully saturated rings. The highest BCUT2D eigenvalue weighted by Crippen LogP contribution is 2.38. The van der Waals surface area contributed by atoms with Gasteiger partial charge in [0, 0.05) is 6.54 Å². The molecule has 0 aliphatic heterocycles. The van der Waals surface area contributed by atoms with E-state index in [9.17, 15) is 5.11 Å². The second-order valence-corrected chi connectivity index (χ2v) is 7.18. The fourth-order valence-electron chi connectivity index (χ4n) is 2.88. The van der Waals surface area contributed by atoms with Crippen LogP contribution in [0.4, 0.5) is 0 Å². The first kappa shape index (κ1) is 15.0. The zero-order chi connectivity index (χ0) is 13.1. The maximum atomic E-state index is 10.1. The second kappa shape index (κ2) is 6.19. The molecule has 0 spiro atoms. The van der Waals surface area contributed by atoms with Gasteiger partial charge in [0.05, 0.1) is 6.10 Å². The molecule has 102 valence electrons. The molecule has 1 rings (SSSR count). The van der Waals surface area contributed by atoms with Crippen LogP contribution in [0.5, 0.6) is 0 Å².